The Morgan fingerprint density at radius 1 is 1.03 bits per heavy atom. The molecule has 1 saturated heterocycles. The fourth-order valence-electron chi connectivity index (χ4n) is 4.98. The molecular formula is C32H37BrN4O2. The third kappa shape index (κ3) is 8.62. The van der Waals surface area contributed by atoms with E-state index < -0.39 is 0 Å². The predicted octanol–water partition coefficient (Wildman–Crippen LogP) is 4.71. The maximum atomic E-state index is 13.7. The van der Waals surface area contributed by atoms with E-state index >= 15 is 0 Å². The molecule has 0 bridgehead atoms. The number of nitrogens with one attached hydrogen (secondary N) is 2. The van der Waals surface area contributed by atoms with Gasteiger partial charge in [0, 0.05) is 42.1 Å². The van der Waals surface area contributed by atoms with Gasteiger partial charge < -0.3 is 21.3 Å². The van der Waals surface area contributed by atoms with Crippen molar-refractivity contribution in [2.24, 2.45) is 5.73 Å². The topological polar surface area (TPSA) is 87.5 Å². The molecule has 4 rings (SSSR count). The lowest BCUT2D eigenvalue weighted by Crippen LogP contribution is -2.49. The molecule has 1 aliphatic heterocycles. The summed E-state index contributed by atoms with van der Waals surface area (Å²) in [5.41, 5.74) is 9.13. The minimum absolute atomic E-state index is 0.0151. The zero-order valence-electron chi connectivity index (χ0n) is 22.1. The molecule has 1 fully saturated rings. The number of halogens is 1. The molecule has 0 spiro atoms. The number of amides is 2. The van der Waals surface area contributed by atoms with Crippen LogP contribution in [0.3, 0.4) is 0 Å². The number of hydrogen-bond donors (Lipinski definition) is 3. The van der Waals surface area contributed by atoms with E-state index in [2.05, 4.69) is 50.8 Å². The molecule has 0 aliphatic carbocycles. The Labute approximate surface area is 239 Å². The van der Waals surface area contributed by atoms with Crippen LogP contribution in [0.1, 0.15) is 41.9 Å². The fourth-order valence-corrected chi connectivity index (χ4v) is 5.24. The van der Waals surface area contributed by atoms with Crippen LogP contribution in [0.25, 0.3) is 6.08 Å². The van der Waals surface area contributed by atoms with E-state index in [-0.39, 0.29) is 29.8 Å². The summed E-state index contributed by atoms with van der Waals surface area (Å²) in [5, 5.41) is 6.54. The predicted molar refractivity (Wildman–Crippen MR) is 161 cm³/mol. The molecule has 0 saturated carbocycles. The molecule has 0 unspecified atom stereocenters. The summed E-state index contributed by atoms with van der Waals surface area (Å²) in [4.78, 5) is 28.3. The number of nitrogens with two attached hydrogens (primary N) is 1. The van der Waals surface area contributed by atoms with Crippen LogP contribution in [0, 0.1) is 0 Å². The van der Waals surface area contributed by atoms with E-state index in [0.717, 1.165) is 22.9 Å². The minimum Gasteiger partial charge on any atom is -0.351 e. The van der Waals surface area contributed by atoms with Gasteiger partial charge in [-0.05, 0) is 60.7 Å². The molecule has 204 valence electrons. The number of carbonyl (C=O) groups excluding carboxylic acids is 2. The average molecular weight is 590 g/mol. The van der Waals surface area contributed by atoms with E-state index in [4.69, 9.17) is 5.73 Å². The van der Waals surface area contributed by atoms with Gasteiger partial charge in [0.2, 0.25) is 11.8 Å². The molecule has 4 N–H and O–H groups in total. The zero-order chi connectivity index (χ0) is 27.5. The zero-order valence-corrected chi connectivity index (χ0v) is 23.7. The summed E-state index contributed by atoms with van der Waals surface area (Å²) in [6, 6.07) is 28.2. The van der Waals surface area contributed by atoms with E-state index in [1.54, 1.807) is 12.2 Å². The van der Waals surface area contributed by atoms with Crippen molar-refractivity contribution in [3.05, 3.63) is 112 Å². The molecule has 1 aliphatic rings. The Bertz CT molecular complexity index is 1180. The first kappa shape index (κ1) is 28.7. The second-order valence-electron chi connectivity index (χ2n) is 9.92. The quantitative estimate of drug-likeness (QED) is 0.283. The highest BCUT2D eigenvalue weighted by Crippen LogP contribution is 2.27. The Hall–Kier alpha value is -3.26. The van der Waals surface area contributed by atoms with Gasteiger partial charge in [0.05, 0.1) is 6.04 Å². The minimum atomic E-state index is -0.330. The van der Waals surface area contributed by atoms with Crippen molar-refractivity contribution in [3.63, 3.8) is 0 Å². The fraction of sp³-hybridized carbons (Fsp3) is 0.312. The molecular weight excluding hydrogens is 552 g/mol. The molecule has 0 aromatic heterocycles. The van der Waals surface area contributed by atoms with E-state index in [1.807, 2.05) is 65.6 Å². The van der Waals surface area contributed by atoms with Crippen molar-refractivity contribution < 1.29 is 9.59 Å². The summed E-state index contributed by atoms with van der Waals surface area (Å²) in [6.45, 7) is 2.20. The smallest absolute Gasteiger partial charge is 0.244 e. The van der Waals surface area contributed by atoms with Crippen molar-refractivity contribution in [2.75, 3.05) is 26.2 Å². The molecule has 3 aromatic rings. The molecule has 1 heterocycles. The number of hydrogen-bond acceptors (Lipinski definition) is 4. The summed E-state index contributed by atoms with van der Waals surface area (Å²) >= 11 is 3.42. The first-order valence-corrected chi connectivity index (χ1v) is 14.4. The second-order valence-corrected chi connectivity index (χ2v) is 10.8. The molecule has 0 radical (unpaired) electrons. The summed E-state index contributed by atoms with van der Waals surface area (Å²) < 4.78 is 0.996. The highest BCUT2D eigenvalue weighted by atomic mass is 79.9. The van der Waals surface area contributed by atoms with Crippen molar-refractivity contribution in [2.45, 2.75) is 37.3 Å². The van der Waals surface area contributed by atoms with Gasteiger partial charge in [-0.15, -0.1) is 0 Å². The van der Waals surface area contributed by atoms with Gasteiger partial charge in [-0.1, -0.05) is 88.7 Å². The Morgan fingerprint density at radius 2 is 1.67 bits per heavy atom. The summed E-state index contributed by atoms with van der Waals surface area (Å²) in [5.74, 6) is 0.0228. The lowest BCUT2D eigenvalue weighted by Gasteiger charge is -2.29. The lowest BCUT2D eigenvalue weighted by molar-refractivity contribution is -0.133. The van der Waals surface area contributed by atoms with Crippen LogP contribution in [0.4, 0.5) is 0 Å². The Balaban J connectivity index is 1.44. The molecule has 2 amide bonds. The van der Waals surface area contributed by atoms with Crippen LogP contribution in [0.5, 0.6) is 0 Å². The van der Waals surface area contributed by atoms with Crippen LogP contribution in [-0.2, 0) is 9.59 Å². The number of nitrogens with zero attached hydrogens (tertiary/aromatic N) is 1. The van der Waals surface area contributed by atoms with Gasteiger partial charge in [0.15, 0.2) is 0 Å². The normalized spacial score (nSPS) is 17.9. The standard InChI is InChI=1S/C32H37BrN4O2/c33-27-16-13-24(14-17-27)15-18-31(38)35-22-28-19-21-37(32(39)30(36-28)12-7-20-34)23-29(25-8-3-1-4-9-25)26-10-5-2-6-11-26/h1-6,8-11,13-18,28-30,36H,7,12,19-23,34H2,(H,35,38)/b18-15+/t28-,30-/m0/s1. The maximum Gasteiger partial charge on any atom is 0.244 e. The highest BCUT2D eigenvalue weighted by Gasteiger charge is 2.32. The molecule has 2 atom stereocenters. The van der Waals surface area contributed by atoms with Gasteiger partial charge in [-0.25, -0.2) is 0 Å². The number of rotatable bonds is 11. The number of carbonyl (C=O) groups is 2. The highest BCUT2D eigenvalue weighted by molar-refractivity contribution is 9.10. The third-order valence-corrected chi connectivity index (χ3v) is 7.65. The van der Waals surface area contributed by atoms with Crippen LogP contribution >= 0.6 is 15.9 Å². The van der Waals surface area contributed by atoms with E-state index in [0.29, 0.717) is 32.6 Å². The van der Waals surface area contributed by atoms with Gasteiger partial charge in [-0.3, -0.25) is 9.59 Å². The Morgan fingerprint density at radius 3 is 2.28 bits per heavy atom. The van der Waals surface area contributed by atoms with Crippen LogP contribution < -0.4 is 16.4 Å². The average Bonchev–Trinajstić information content (AvgIpc) is 3.12. The lowest BCUT2D eigenvalue weighted by atomic mass is 9.90. The first-order chi connectivity index (χ1) is 19.0. The summed E-state index contributed by atoms with van der Waals surface area (Å²) in [7, 11) is 0. The van der Waals surface area contributed by atoms with E-state index in [1.165, 1.54) is 11.1 Å². The van der Waals surface area contributed by atoms with Crippen molar-refractivity contribution in [1.29, 1.82) is 0 Å². The van der Waals surface area contributed by atoms with Crippen molar-refractivity contribution in [3.8, 4) is 0 Å². The van der Waals surface area contributed by atoms with Crippen LogP contribution in [-0.4, -0.2) is 55.0 Å². The summed E-state index contributed by atoms with van der Waals surface area (Å²) in [6.07, 6.45) is 5.52. The SMILES string of the molecule is NCCC[C@@H]1N[C@H](CNC(=O)/C=C/c2ccc(Br)cc2)CCN(CC(c2ccccc2)c2ccccc2)C1=O. The number of benzene rings is 3. The van der Waals surface area contributed by atoms with Crippen molar-refractivity contribution >= 4 is 33.8 Å². The molecule has 6 nitrogen and oxygen atoms in total. The van der Waals surface area contributed by atoms with Gasteiger partial charge in [0.25, 0.3) is 0 Å². The van der Waals surface area contributed by atoms with Gasteiger partial charge in [0.1, 0.15) is 0 Å². The van der Waals surface area contributed by atoms with Crippen LogP contribution in [0.2, 0.25) is 0 Å². The first-order valence-electron chi connectivity index (χ1n) is 13.6. The van der Waals surface area contributed by atoms with E-state index in [9.17, 15) is 9.59 Å². The maximum absolute atomic E-state index is 13.7. The Kier molecular flexibility index (Phi) is 10.9. The molecule has 7 heteroatoms. The molecule has 3 aromatic carbocycles. The van der Waals surface area contributed by atoms with Gasteiger partial charge >= 0.3 is 0 Å². The van der Waals surface area contributed by atoms with Gasteiger partial charge in [-0.2, -0.15) is 0 Å². The monoisotopic (exact) mass is 588 g/mol. The third-order valence-electron chi connectivity index (χ3n) is 7.12. The molecule has 39 heavy (non-hydrogen) atoms. The van der Waals surface area contributed by atoms with Crippen LogP contribution in [0.15, 0.2) is 95.5 Å². The van der Waals surface area contributed by atoms with Crippen molar-refractivity contribution in [1.82, 2.24) is 15.5 Å². The second kappa shape index (κ2) is 14.8. The largest absolute Gasteiger partial charge is 0.351 e.